The molecular formula is C24H28N6O. The van der Waals surface area contributed by atoms with Crippen LogP contribution in [0.5, 0.6) is 0 Å². The molecule has 7 heteroatoms. The molecule has 1 aliphatic rings. The van der Waals surface area contributed by atoms with Crippen molar-refractivity contribution in [2.24, 2.45) is 4.99 Å². The monoisotopic (exact) mass is 416 g/mol. The highest BCUT2D eigenvalue weighted by molar-refractivity contribution is 5.69. The van der Waals surface area contributed by atoms with Crippen LogP contribution in [0, 0.1) is 13.8 Å². The molecule has 0 N–H and O–H groups in total. The van der Waals surface area contributed by atoms with Gasteiger partial charge in [-0.25, -0.2) is 9.51 Å². The Morgan fingerprint density at radius 1 is 1.26 bits per heavy atom. The summed E-state index contributed by atoms with van der Waals surface area (Å²) in [6, 6.07) is 5.92. The van der Waals surface area contributed by atoms with E-state index in [1.165, 1.54) is 5.57 Å². The summed E-state index contributed by atoms with van der Waals surface area (Å²) in [6.07, 6.45) is 9.71. The second kappa shape index (κ2) is 8.81. The Morgan fingerprint density at radius 2 is 2.10 bits per heavy atom. The highest BCUT2D eigenvalue weighted by atomic mass is 16.1. The summed E-state index contributed by atoms with van der Waals surface area (Å²) in [5.74, 6) is 0. The van der Waals surface area contributed by atoms with Gasteiger partial charge in [0.05, 0.1) is 28.8 Å². The van der Waals surface area contributed by atoms with Crippen LogP contribution < -0.4 is 5.49 Å². The largest absolute Gasteiger partial charge is 0.300 e. The number of allylic oxidation sites excluding steroid dienone is 1. The van der Waals surface area contributed by atoms with Gasteiger partial charge in [0.25, 0.3) is 0 Å². The average molecular weight is 417 g/mol. The minimum atomic E-state index is 0.571. The summed E-state index contributed by atoms with van der Waals surface area (Å²) >= 11 is 0. The van der Waals surface area contributed by atoms with E-state index in [9.17, 15) is 4.79 Å². The first kappa shape index (κ1) is 20.9. The van der Waals surface area contributed by atoms with E-state index in [-0.39, 0.29) is 0 Å². The molecule has 3 aromatic rings. The predicted octanol–water partition coefficient (Wildman–Crippen LogP) is 3.26. The van der Waals surface area contributed by atoms with Crippen LogP contribution in [0.1, 0.15) is 42.9 Å². The van der Waals surface area contributed by atoms with Crippen molar-refractivity contribution in [3.05, 3.63) is 70.9 Å². The Kier molecular flexibility index (Phi) is 5.95. The SMILES string of the molecule is C/C=C(\N=c1ccc(C2=CCN(CC)CC2)cn1C=O)c1cc2c(C)nc(C)cn2n1. The van der Waals surface area contributed by atoms with Crippen molar-refractivity contribution in [3.63, 3.8) is 0 Å². The smallest absolute Gasteiger partial charge is 0.219 e. The molecule has 31 heavy (non-hydrogen) atoms. The van der Waals surface area contributed by atoms with Gasteiger partial charge in [0.15, 0.2) is 0 Å². The van der Waals surface area contributed by atoms with Crippen molar-refractivity contribution < 1.29 is 4.79 Å². The molecule has 4 heterocycles. The van der Waals surface area contributed by atoms with E-state index in [1.54, 1.807) is 4.57 Å². The van der Waals surface area contributed by atoms with Crippen molar-refractivity contribution in [2.75, 3.05) is 19.6 Å². The maximum atomic E-state index is 11.8. The molecule has 0 aromatic carbocycles. The van der Waals surface area contributed by atoms with Crippen LogP contribution in [0.15, 0.2) is 47.7 Å². The fourth-order valence-electron chi connectivity index (χ4n) is 3.95. The first-order valence-corrected chi connectivity index (χ1v) is 10.7. The van der Waals surface area contributed by atoms with Gasteiger partial charge in [0.2, 0.25) is 6.41 Å². The van der Waals surface area contributed by atoms with Gasteiger partial charge in [0.1, 0.15) is 11.2 Å². The van der Waals surface area contributed by atoms with Crippen LogP contribution >= 0.6 is 0 Å². The Labute approximate surface area is 182 Å². The minimum Gasteiger partial charge on any atom is -0.300 e. The molecule has 0 amide bonds. The van der Waals surface area contributed by atoms with E-state index in [2.05, 4.69) is 28.0 Å². The minimum absolute atomic E-state index is 0.571. The second-order valence-electron chi connectivity index (χ2n) is 7.77. The van der Waals surface area contributed by atoms with Gasteiger partial charge in [-0.2, -0.15) is 5.10 Å². The molecule has 0 unspecified atom stereocenters. The molecule has 160 valence electrons. The number of hydrogen-bond acceptors (Lipinski definition) is 5. The molecular weight excluding hydrogens is 388 g/mol. The zero-order valence-electron chi connectivity index (χ0n) is 18.5. The Bertz CT molecular complexity index is 1260. The van der Waals surface area contributed by atoms with Crippen LogP contribution in [-0.4, -0.2) is 50.1 Å². The van der Waals surface area contributed by atoms with Gasteiger partial charge in [0, 0.05) is 19.3 Å². The van der Waals surface area contributed by atoms with Crippen molar-refractivity contribution >= 4 is 23.2 Å². The third-order valence-corrected chi connectivity index (χ3v) is 5.71. The molecule has 0 aliphatic carbocycles. The summed E-state index contributed by atoms with van der Waals surface area (Å²) in [5.41, 5.74) is 7.14. The molecule has 7 nitrogen and oxygen atoms in total. The summed E-state index contributed by atoms with van der Waals surface area (Å²) in [6.45, 7) is 11.1. The maximum absolute atomic E-state index is 11.8. The van der Waals surface area contributed by atoms with Gasteiger partial charge in [-0.1, -0.05) is 19.1 Å². The van der Waals surface area contributed by atoms with Crippen LogP contribution in [0.3, 0.4) is 0 Å². The van der Waals surface area contributed by atoms with Crippen LogP contribution in [0.2, 0.25) is 0 Å². The van der Waals surface area contributed by atoms with E-state index in [4.69, 9.17) is 4.99 Å². The summed E-state index contributed by atoms with van der Waals surface area (Å²) in [4.78, 5) is 23.5. The number of carbonyl (C=O) groups excluding carboxylic acids is 1. The van der Waals surface area contributed by atoms with E-state index in [0.717, 1.165) is 60.6 Å². The molecule has 0 radical (unpaired) electrons. The number of carbonyl (C=O) groups is 1. The maximum Gasteiger partial charge on any atom is 0.219 e. The lowest BCUT2D eigenvalue weighted by molar-refractivity contribution is 0.318. The number of aromatic nitrogens is 4. The Balaban J connectivity index is 1.71. The van der Waals surface area contributed by atoms with Gasteiger partial charge >= 0.3 is 0 Å². The van der Waals surface area contributed by atoms with Crippen molar-refractivity contribution in [1.29, 1.82) is 0 Å². The normalized spacial score (nSPS) is 16.1. The molecule has 0 spiro atoms. The van der Waals surface area contributed by atoms with Crippen LogP contribution in [-0.2, 0) is 4.79 Å². The van der Waals surface area contributed by atoms with E-state index in [1.807, 2.05) is 62.0 Å². The number of pyridine rings is 1. The van der Waals surface area contributed by atoms with E-state index >= 15 is 0 Å². The third kappa shape index (κ3) is 4.27. The van der Waals surface area contributed by atoms with E-state index < -0.39 is 0 Å². The highest BCUT2D eigenvalue weighted by Crippen LogP contribution is 2.22. The molecule has 0 fully saturated rings. The predicted molar refractivity (Wildman–Crippen MR) is 123 cm³/mol. The molecule has 0 bridgehead atoms. The summed E-state index contributed by atoms with van der Waals surface area (Å²) < 4.78 is 3.37. The van der Waals surface area contributed by atoms with Crippen LogP contribution in [0.4, 0.5) is 0 Å². The first-order valence-electron chi connectivity index (χ1n) is 10.7. The lowest BCUT2D eigenvalue weighted by atomic mass is 10.0. The molecule has 0 saturated heterocycles. The zero-order valence-corrected chi connectivity index (χ0v) is 18.5. The fourth-order valence-corrected chi connectivity index (χ4v) is 3.95. The van der Waals surface area contributed by atoms with Crippen molar-refractivity contribution in [3.8, 4) is 0 Å². The molecule has 1 aliphatic heterocycles. The quantitative estimate of drug-likeness (QED) is 0.599. The number of nitrogens with zero attached hydrogens (tertiary/aromatic N) is 6. The Morgan fingerprint density at radius 3 is 2.77 bits per heavy atom. The van der Waals surface area contributed by atoms with Crippen molar-refractivity contribution in [2.45, 2.75) is 34.1 Å². The van der Waals surface area contributed by atoms with E-state index in [0.29, 0.717) is 11.2 Å². The molecule has 0 atom stereocenters. The third-order valence-electron chi connectivity index (χ3n) is 5.71. The second-order valence-corrected chi connectivity index (χ2v) is 7.77. The highest BCUT2D eigenvalue weighted by Gasteiger charge is 2.13. The molecule has 0 saturated carbocycles. The topological polar surface area (TPSA) is 67.8 Å². The lowest BCUT2D eigenvalue weighted by Gasteiger charge is -2.25. The average Bonchev–Trinajstić information content (AvgIpc) is 3.21. The zero-order chi connectivity index (χ0) is 22.0. The number of hydrogen-bond donors (Lipinski definition) is 0. The molecule has 4 rings (SSSR count). The first-order chi connectivity index (χ1) is 15.0. The molecule has 3 aromatic heterocycles. The van der Waals surface area contributed by atoms with Crippen LogP contribution in [0.25, 0.3) is 16.8 Å². The number of rotatable bonds is 5. The van der Waals surface area contributed by atoms with Gasteiger partial charge in [-0.15, -0.1) is 0 Å². The number of fused-ring (bicyclic) bond motifs is 1. The fraction of sp³-hybridized carbons (Fsp3) is 0.333. The lowest BCUT2D eigenvalue weighted by Crippen LogP contribution is -2.28. The number of aryl methyl sites for hydroxylation is 2. The standard InChI is InChI=1S/C24H28N6O/c1-5-21(22-13-23-18(4)25-17(3)14-30(23)27-22)26-24-8-7-20(15-29(24)16-31)19-9-11-28(6-2)12-10-19/h5,7-9,13-16H,6,10-12H2,1-4H3/b21-5-,26-24?. The summed E-state index contributed by atoms with van der Waals surface area (Å²) in [5, 5.41) is 4.67. The van der Waals surface area contributed by atoms with Gasteiger partial charge in [-0.3, -0.25) is 19.2 Å². The van der Waals surface area contributed by atoms with Gasteiger partial charge in [-0.05, 0) is 63.1 Å². The summed E-state index contributed by atoms with van der Waals surface area (Å²) in [7, 11) is 0. The Hall–Kier alpha value is -3.32. The van der Waals surface area contributed by atoms with Gasteiger partial charge < -0.3 is 0 Å². The number of likely N-dealkylation sites (N-methyl/N-ethyl adjacent to an activating group) is 1. The van der Waals surface area contributed by atoms with Crippen molar-refractivity contribution in [1.82, 2.24) is 24.1 Å².